The van der Waals surface area contributed by atoms with Crippen LogP contribution in [0, 0.1) is 6.92 Å². The quantitative estimate of drug-likeness (QED) is 0.639. The second-order valence-electron chi connectivity index (χ2n) is 4.00. The Kier molecular flexibility index (Phi) is 2.33. The van der Waals surface area contributed by atoms with Gasteiger partial charge in [-0.05, 0) is 19.1 Å². The highest BCUT2D eigenvalue weighted by Gasteiger charge is 2.12. The minimum absolute atomic E-state index is 0.185. The summed E-state index contributed by atoms with van der Waals surface area (Å²) < 4.78 is 0. The lowest BCUT2D eigenvalue weighted by Gasteiger charge is -2.05. The zero-order valence-corrected chi connectivity index (χ0v) is 9.69. The number of carbonyl (C=O) groups is 1. The van der Waals surface area contributed by atoms with Crippen LogP contribution in [0.25, 0.3) is 10.9 Å². The maximum absolute atomic E-state index is 12.1. The standard InChI is InChI=1S/C12H11N5O/c1-7-8(5-13-16-7)12(18)15-10-3-2-4-11-9(10)6-14-17-11/h2-6H,1H3,(H,13,16)(H,14,17)(H,15,18). The number of benzene rings is 1. The number of aromatic amines is 2. The predicted molar refractivity (Wildman–Crippen MR) is 67.4 cm³/mol. The van der Waals surface area contributed by atoms with Gasteiger partial charge >= 0.3 is 0 Å². The van der Waals surface area contributed by atoms with Crippen molar-refractivity contribution in [2.45, 2.75) is 6.92 Å². The Hall–Kier alpha value is -2.63. The summed E-state index contributed by atoms with van der Waals surface area (Å²) in [4.78, 5) is 12.1. The summed E-state index contributed by atoms with van der Waals surface area (Å²) in [6.07, 6.45) is 3.20. The van der Waals surface area contributed by atoms with Gasteiger partial charge in [-0.3, -0.25) is 15.0 Å². The van der Waals surface area contributed by atoms with E-state index in [1.54, 1.807) is 13.1 Å². The molecule has 3 N–H and O–H groups in total. The summed E-state index contributed by atoms with van der Waals surface area (Å²) in [6, 6.07) is 5.60. The number of fused-ring (bicyclic) bond motifs is 1. The minimum atomic E-state index is -0.185. The molecular weight excluding hydrogens is 230 g/mol. The van der Waals surface area contributed by atoms with Crippen LogP contribution in [0.5, 0.6) is 0 Å². The van der Waals surface area contributed by atoms with Crippen molar-refractivity contribution < 1.29 is 4.79 Å². The Morgan fingerprint density at radius 1 is 1.22 bits per heavy atom. The first kappa shape index (κ1) is 10.5. The van der Waals surface area contributed by atoms with E-state index in [4.69, 9.17) is 0 Å². The van der Waals surface area contributed by atoms with Gasteiger partial charge < -0.3 is 5.32 Å². The zero-order chi connectivity index (χ0) is 12.5. The molecule has 2 heterocycles. The summed E-state index contributed by atoms with van der Waals surface area (Å²) in [7, 11) is 0. The van der Waals surface area contributed by atoms with Crippen LogP contribution >= 0.6 is 0 Å². The Balaban J connectivity index is 1.95. The van der Waals surface area contributed by atoms with E-state index in [0.29, 0.717) is 5.56 Å². The summed E-state index contributed by atoms with van der Waals surface area (Å²) in [5, 5.41) is 17.1. The lowest BCUT2D eigenvalue weighted by Crippen LogP contribution is -2.12. The molecule has 0 aliphatic heterocycles. The number of hydrogen-bond donors (Lipinski definition) is 3. The lowest BCUT2D eigenvalue weighted by atomic mass is 10.2. The smallest absolute Gasteiger partial charge is 0.259 e. The number of H-pyrrole nitrogens is 2. The number of rotatable bonds is 2. The van der Waals surface area contributed by atoms with Crippen molar-refractivity contribution in [3.63, 3.8) is 0 Å². The number of aromatic nitrogens is 4. The van der Waals surface area contributed by atoms with E-state index in [0.717, 1.165) is 22.3 Å². The largest absolute Gasteiger partial charge is 0.321 e. The fraction of sp³-hybridized carbons (Fsp3) is 0.0833. The molecule has 18 heavy (non-hydrogen) atoms. The normalized spacial score (nSPS) is 10.7. The number of nitrogens with zero attached hydrogens (tertiary/aromatic N) is 2. The van der Waals surface area contributed by atoms with Gasteiger partial charge in [0.15, 0.2) is 0 Å². The highest BCUT2D eigenvalue weighted by Crippen LogP contribution is 2.21. The molecule has 1 amide bonds. The van der Waals surface area contributed by atoms with Crippen LogP contribution in [0.15, 0.2) is 30.6 Å². The molecule has 0 aliphatic carbocycles. The van der Waals surface area contributed by atoms with Crippen LogP contribution < -0.4 is 5.32 Å². The molecule has 6 heteroatoms. The first-order chi connectivity index (χ1) is 8.75. The van der Waals surface area contributed by atoms with Gasteiger partial charge in [-0.25, -0.2) is 0 Å². The van der Waals surface area contributed by atoms with Crippen molar-refractivity contribution in [3.05, 3.63) is 41.9 Å². The van der Waals surface area contributed by atoms with Crippen LogP contribution in [-0.2, 0) is 0 Å². The molecule has 0 saturated heterocycles. The van der Waals surface area contributed by atoms with Gasteiger partial charge in [-0.15, -0.1) is 0 Å². The first-order valence-corrected chi connectivity index (χ1v) is 5.49. The highest BCUT2D eigenvalue weighted by molar-refractivity contribution is 6.08. The number of amides is 1. The molecule has 0 atom stereocenters. The van der Waals surface area contributed by atoms with Gasteiger partial charge in [0.1, 0.15) is 0 Å². The molecule has 6 nitrogen and oxygen atoms in total. The molecule has 3 rings (SSSR count). The fourth-order valence-electron chi connectivity index (χ4n) is 1.85. The van der Waals surface area contributed by atoms with Crippen molar-refractivity contribution in [1.82, 2.24) is 20.4 Å². The highest BCUT2D eigenvalue weighted by atomic mass is 16.1. The fourth-order valence-corrected chi connectivity index (χ4v) is 1.85. The van der Waals surface area contributed by atoms with Crippen LogP contribution in [0.2, 0.25) is 0 Å². The maximum atomic E-state index is 12.1. The second kappa shape index (κ2) is 3.99. The second-order valence-corrected chi connectivity index (χ2v) is 4.00. The van der Waals surface area contributed by atoms with E-state index in [-0.39, 0.29) is 5.91 Å². The Labute approximate surface area is 102 Å². The Morgan fingerprint density at radius 3 is 2.83 bits per heavy atom. The summed E-state index contributed by atoms with van der Waals surface area (Å²) in [5.74, 6) is -0.185. The third-order valence-corrected chi connectivity index (χ3v) is 2.81. The van der Waals surface area contributed by atoms with Crippen molar-refractivity contribution in [2.24, 2.45) is 0 Å². The predicted octanol–water partition coefficient (Wildman–Crippen LogP) is 1.85. The third-order valence-electron chi connectivity index (χ3n) is 2.81. The number of carbonyl (C=O) groups excluding carboxylic acids is 1. The molecule has 0 saturated carbocycles. The van der Waals surface area contributed by atoms with Gasteiger partial charge in [0.05, 0.1) is 29.2 Å². The average molecular weight is 241 g/mol. The summed E-state index contributed by atoms with van der Waals surface area (Å²) >= 11 is 0. The van der Waals surface area contributed by atoms with Crippen molar-refractivity contribution in [3.8, 4) is 0 Å². The van der Waals surface area contributed by atoms with Crippen LogP contribution in [0.4, 0.5) is 5.69 Å². The molecule has 0 radical (unpaired) electrons. The topological polar surface area (TPSA) is 86.5 Å². The molecule has 90 valence electrons. The minimum Gasteiger partial charge on any atom is -0.321 e. The van der Waals surface area contributed by atoms with Crippen LogP contribution in [-0.4, -0.2) is 26.3 Å². The Bertz CT molecular complexity index is 712. The maximum Gasteiger partial charge on any atom is 0.259 e. The number of nitrogens with one attached hydrogen (secondary N) is 3. The SMILES string of the molecule is Cc1[nH]ncc1C(=O)Nc1cccc2[nH]ncc12. The van der Waals surface area contributed by atoms with E-state index in [9.17, 15) is 4.79 Å². The zero-order valence-electron chi connectivity index (χ0n) is 9.69. The molecule has 0 aliphatic rings. The molecule has 0 bridgehead atoms. The molecule has 0 spiro atoms. The van der Waals surface area contributed by atoms with Crippen LogP contribution in [0.3, 0.4) is 0 Å². The average Bonchev–Trinajstić information content (AvgIpc) is 2.97. The molecule has 0 fully saturated rings. The monoisotopic (exact) mass is 241 g/mol. The van der Waals surface area contributed by atoms with E-state index >= 15 is 0 Å². The number of aryl methyl sites for hydroxylation is 1. The number of anilines is 1. The van der Waals surface area contributed by atoms with Crippen molar-refractivity contribution in [1.29, 1.82) is 0 Å². The van der Waals surface area contributed by atoms with Gasteiger partial charge in [-0.1, -0.05) is 6.07 Å². The molecule has 2 aromatic heterocycles. The van der Waals surface area contributed by atoms with E-state index < -0.39 is 0 Å². The van der Waals surface area contributed by atoms with Crippen LogP contribution in [0.1, 0.15) is 16.1 Å². The van der Waals surface area contributed by atoms with E-state index in [1.165, 1.54) is 6.20 Å². The third kappa shape index (κ3) is 1.64. The first-order valence-electron chi connectivity index (χ1n) is 5.49. The van der Waals surface area contributed by atoms with Gasteiger partial charge in [-0.2, -0.15) is 10.2 Å². The van der Waals surface area contributed by atoms with E-state index in [2.05, 4.69) is 25.7 Å². The molecular formula is C12H11N5O. The van der Waals surface area contributed by atoms with E-state index in [1.807, 2.05) is 18.2 Å². The lowest BCUT2D eigenvalue weighted by molar-refractivity contribution is 0.102. The molecule has 3 aromatic rings. The van der Waals surface area contributed by atoms with Gasteiger partial charge in [0, 0.05) is 11.1 Å². The Morgan fingerprint density at radius 2 is 2.06 bits per heavy atom. The van der Waals surface area contributed by atoms with Crippen molar-refractivity contribution in [2.75, 3.05) is 5.32 Å². The van der Waals surface area contributed by atoms with Gasteiger partial charge in [0.25, 0.3) is 5.91 Å². The van der Waals surface area contributed by atoms with Gasteiger partial charge in [0.2, 0.25) is 0 Å². The molecule has 1 aromatic carbocycles. The summed E-state index contributed by atoms with van der Waals surface area (Å²) in [6.45, 7) is 1.81. The summed E-state index contributed by atoms with van der Waals surface area (Å²) in [5.41, 5.74) is 2.89. The van der Waals surface area contributed by atoms with Crippen molar-refractivity contribution >= 4 is 22.5 Å². The number of hydrogen-bond acceptors (Lipinski definition) is 3. The molecule has 0 unspecified atom stereocenters.